The maximum Gasteiger partial charge on any atom is 0.336 e. The summed E-state index contributed by atoms with van der Waals surface area (Å²) in [7, 11) is 0. The monoisotopic (exact) mass is 307 g/mol. The molecule has 4 rings (SSSR count). The van der Waals surface area contributed by atoms with Gasteiger partial charge in [-0.25, -0.2) is 4.79 Å². The quantitative estimate of drug-likeness (QED) is 0.867. The predicted molar refractivity (Wildman–Crippen MR) is 83.3 cm³/mol. The zero-order chi connectivity index (χ0) is 13.5. The number of hydrogen-bond donors (Lipinski definition) is 1. The van der Waals surface area contributed by atoms with Gasteiger partial charge in [0.25, 0.3) is 0 Å². The molecule has 0 spiro atoms. The average molecular weight is 308 g/mol. The van der Waals surface area contributed by atoms with Gasteiger partial charge in [0.15, 0.2) is 0 Å². The number of rotatable bonds is 2. The second kappa shape index (κ2) is 5.70. The highest BCUT2D eigenvalue weighted by Crippen LogP contribution is 2.30. The van der Waals surface area contributed by atoms with E-state index in [9.17, 15) is 4.79 Å². The van der Waals surface area contributed by atoms with Gasteiger partial charge in [0, 0.05) is 29.6 Å². The first-order valence-corrected chi connectivity index (χ1v) is 7.23. The number of ether oxygens (including phenoxy) is 1. The highest BCUT2D eigenvalue weighted by molar-refractivity contribution is 5.85. The van der Waals surface area contributed by atoms with Crippen LogP contribution in [0.1, 0.15) is 25.7 Å². The summed E-state index contributed by atoms with van der Waals surface area (Å²) in [6, 6.07) is 10.1. The standard InChI is InChI=1S/C16H17NO3.ClH/c18-16-6-2-10-1-5-13(9-15(10)20-16)19-14-7-11-3-4-12(8-14)17-11;/h1-2,5-6,9,11-12,14,17H,3-4,7-8H2;1H/t11-,12+,14?;. The Morgan fingerprint density at radius 3 is 2.57 bits per heavy atom. The first-order valence-electron chi connectivity index (χ1n) is 7.23. The van der Waals surface area contributed by atoms with E-state index in [4.69, 9.17) is 9.15 Å². The Morgan fingerprint density at radius 1 is 1.10 bits per heavy atom. The van der Waals surface area contributed by atoms with Crippen molar-refractivity contribution in [3.05, 3.63) is 40.8 Å². The maximum absolute atomic E-state index is 11.3. The SMILES string of the molecule is Cl.O=c1ccc2ccc(OC3C[C@H]4CC[C@@H](C3)N4)cc2o1. The molecule has 2 aliphatic heterocycles. The van der Waals surface area contributed by atoms with E-state index in [1.807, 2.05) is 18.2 Å². The lowest BCUT2D eigenvalue weighted by Gasteiger charge is -2.29. The molecule has 2 bridgehead atoms. The van der Waals surface area contributed by atoms with E-state index in [1.165, 1.54) is 18.9 Å². The summed E-state index contributed by atoms with van der Waals surface area (Å²) in [5.74, 6) is 0.790. The van der Waals surface area contributed by atoms with Crippen LogP contribution in [0.3, 0.4) is 0 Å². The highest BCUT2D eigenvalue weighted by atomic mass is 35.5. The maximum atomic E-state index is 11.3. The Balaban J connectivity index is 0.00000132. The molecule has 112 valence electrons. The Bertz CT molecular complexity index is 687. The molecule has 2 aromatic rings. The molecule has 2 aliphatic rings. The van der Waals surface area contributed by atoms with E-state index in [-0.39, 0.29) is 24.1 Å². The Hall–Kier alpha value is -1.52. The van der Waals surface area contributed by atoms with Crippen molar-refractivity contribution in [2.75, 3.05) is 0 Å². The molecule has 2 fully saturated rings. The van der Waals surface area contributed by atoms with Crippen molar-refractivity contribution >= 4 is 23.4 Å². The smallest absolute Gasteiger partial charge is 0.336 e. The molecule has 21 heavy (non-hydrogen) atoms. The molecule has 3 heterocycles. The van der Waals surface area contributed by atoms with E-state index in [1.54, 1.807) is 6.07 Å². The van der Waals surface area contributed by atoms with Gasteiger partial charge in [0.2, 0.25) is 0 Å². The molecule has 0 aliphatic carbocycles. The van der Waals surface area contributed by atoms with Crippen LogP contribution in [-0.2, 0) is 0 Å². The number of halogens is 1. The lowest BCUT2D eigenvalue weighted by Crippen LogP contribution is -2.42. The van der Waals surface area contributed by atoms with Crippen molar-refractivity contribution in [1.29, 1.82) is 0 Å². The third-order valence-electron chi connectivity index (χ3n) is 4.33. The van der Waals surface area contributed by atoms with E-state index in [0.717, 1.165) is 24.0 Å². The molecule has 5 heteroatoms. The van der Waals surface area contributed by atoms with Crippen LogP contribution in [0.5, 0.6) is 5.75 Å². The van der Waals surface area contributed by atoms with E-state index >= 15 is 0 Å². The lowest BCUT2D eigenvalue weighted by atomic mass is 10.0. The molecule has 4 nitrogen and oxygen atoms in total. The van der Waals surface area contributed by atoms with Crippen LogP contribution in [0.4, 0.5) is 0 Å². The van der Waals surface area contributed by atoms with Crippen LogP contribution >= 0.6 is 12.4 Å². The fourth-order valence-electron chi connectivity index (χ4n) is 3.41. The number of benzene rings is 1. The van der Waals surface area contributed by atoms with E-state index < -0.39 is 0 Å². The highest BCUT2D eigenvalue weighted by Gasteiger charge is 2.34. The molecule has 1 N–H and O–H groups in total. The second-order valence-corrected chi connectivity index (χ2v) is 5.80. The van der Waals surface area contributed by atoms with Gasteiger partial charge in [-0.3, -0.25) is 0 Å². The van der Waals surface area contributed by atoms with Crippen molar-refractivity contribution in [2.24, 2.45) is 0 Å². The summed E-state index contributed by atoms with van der Waals surface area (Å²) in [5.41, 5.74) is 0.265. The third kappa shape index (κ3) is 2.92. The van der Waals surface area contributed by atoms with Crippen LogP contribution < -0.4 is 15.7 Å². The van der Waals surface area contributed by atoms with Crippen LogP contribution in [0.15, 0.2) is 39.5 Å². The summed E-state index contributed by atoms with van der Waals surface area (Å²) in [4.78, 5) is 11.3. The molecule has 1 aromatic carbocycles. The van der Waals surface area contributed by atoms with Crippen LogP contribution in [-0.4, -0.2) is 18.2 Å². The van der Waals surface area contributed by atoms with Crippen LogP contribution in [0, 0.1) is 0 Å². The zero-order valence-corrected chi connectivity index (χ0v) is 12.4. The molecular weight excluding hydrogens is 290 g/mol. The van der Waals surface area contributed by atoms with Gasteiger partial charge in [-0.2, -0.15) is 0 Å². The fraction of sp³-hybridized carbons (Fsp3) is 0.438. The molecule has 0 saturated carbocycles. The van der Waals surface area contributed by atoms with Gasteiger partial charge in [-0.1, -0.05) is 0 Å². The Labute approximate surface area is 128 Å². The van der Waals surface area contributed by atoms with Gasteiger partial charge in [-0.05, 0) is 43.9 Å². The topological polar surface area (TPSA) is 51.5 Å². The molecule has 0 amide bonds. The minimum Gasteiger partial charge on any atom is -0.490 e. The summed E-state index contributed by atoms with van der Waals surface area (Å²) in [6.07, 6.45) is 4.91. The molecule has 1 unspecified atom stereocenters. The van der Waals surface area contributed by atoms with E-state index in [0.29, 0.717) is 17.7 Å². The molecule has 3 atom stereocenters. The zero-order valence-electron chi connectivity index (χ0n) is 11.6. The second-order valence-electron chi connectivity index (χ2n) is 5.80. The average Bonchev–Trinajstić information content (AvgIpc) is 2.77. The Morgan fingerprint density at radius 2 is 1.81 bits per heavy atom. The van der Waals surface area contributed by atoms with Crippen LogP contribution in [0.2, 0.25) is 0 Å². The van der Waals surface area contributed by atoms with Gasteiger partial charge in [-0.15, -0.1) is 12.4 Å². The lowest BCUT2D eigenvalue weighted by molar-refractivity contribution is 0.137. The van der Waals surface area contributed by atoms with Crippen molar-refractivity contribution in [1.82, 2.24) is 5.32 Å². The minimum absolute atomic E-state index is 0. The third-order valence-corrected chi connectivity index (χ3v) is 4.33. The largest absolute Gasteiger partial charge is 0.490 e. The van der Waals surface area contributed by atoms with Crippen LogP contribution in [0.25, 0.3) is 11.0 Å². The molecule has 2 saturated heterocycles. The van der Waals surface area contributed by atoms with E-state index in [2.05, 4.69) is 5.32 Å². The number of piperidine rings is 1. The fourth-order valence-corrected chi connectivity index (χ4v) is 3.41. The predicted octanol–water partition coefficient (Wildman–Crippen LogP) is 2.88. The summed E-state index contributed by atoms with van der Waals surface area (Å²) in [5, 5.41) is 4.52. The normalized spacial score (nSPS) is 27.3. The van der Waals surface area contributed by atoms with Gasteiger partial charge in [0.1, 0.15) is 17.4 Å². The summed E-state index contributed by atoms with van der Waals surface area (Å²) < 4.78 is 11.3. The molecular formula is C16H18ClNO3. The molecule has 0 radical (unpaired) electrons. The first-order chi connectivity index (χ1) is 9.76. The van der Waals surface area contributed by atoms with Gasteiger partial charge >= 0.3 is 5.63 Å². The number of fused-ring (bicyclic) bond motifs is 3. The Kier molecular flexibility index (Phi) is 3.91. The number of nitrogens with one attached hydrogen (secondary N) is 1. The number of hydrogen-bond acceptors (Lipinski definition) is 4. The first kappa shape index (κ1) is 14.4. The molecule has 1 aromatic heterocycles. The van der Waals surface area contributed by atoms with Gasteiger partial charge < -0.3 is 14.5 Å². The minimum atomic E-state index is -0.324. The van der Waals surface area contributed by atoms with Crippen molar-refractivity contribution in [2.45, 2.75) is 43.9 Å². The van der Waals surface area contributed by atoms with Crippen molar-refractivity contribution in [3.63, 3.8) is 0 Å². The van der Waals surface area contributed by atoms with Crippen molar-refractivity contribution in [3.8, 4) is 5.75 Å². The van der Waals surface area contributed by atoms with Gasteiger partial charge in [0.05, 0.1) is 0 Å². The summed E-state index contributed by atoms with van der Waals surface area (Å²) >= 11 is 0. The van der Waals surface area contributed by atoms with Crippen molar-refractivity contribution < 1.29 is 9.15 Å². The summed E-state index contributed by atoms with van der Waals surface area (Å²) in [6.45, 7) is 0.